The molecular formula is C23H29N3O2. The molecular weight excluding hydrogens is 350 g/mol. The van der Waals surface area contributed by atoms with Crippen LogP contribution in [0.15, 0.2) is 47.5 Å². The Labute approximate surface area is 166 Å². The van der Waals surface area contributed by atoms with Crippen molar-refractivity contribution >= 4 is 10.9 Å². The van der Waals surface area contributed by atoms with Crippen molar-refractivity contribution in [3.8, 4) is 16.9 Å². The zero-order chi connectivity index (χ0) is 20.4. The Bertz CT molecular complexity index is 1020. The summed E-state index contributed by atoms with van der Waals surface area (Å²) in [7, 11) is 0. The van der Waals surface area contributed by atoms with Gasteiger partial charge in [0.2, 0.25) is 0 Å². The number of hydrogen-bond acceptors (Lipinski definition) is 4. The number of rotatable bonds is 6. The van der Waals surface area contributed by atoms with Gasteiger partial charge in [0.05, 0.1) is 11.7 Å². The Morgan fingerprint density at radius 3 is 2.43 bits per heavy atom. The lowest BCUT2D eigenvalue weighted by atomic mass is 9.93. The molecule has 0 bridgehead atoms. The van der Waals surface area contributed by atoms with Crippen molar-refractivity contribution in [2.75, 3.05) is 0 Å². The van der Waals surface area contributed by atoms with Gasteiger partial charge in [0.25, 0.3) is 5.56 Å². The van der Waals surface area contributed by atoms with Gasteiger partial charge in [-0.1, -0.05) is 24.3 Å². The monoisotopic (exact) mass is 379 g/mol. The smallest absolute Gasteiger partial charge is 0.258 e. The van der Waals surface area contributed by atoms with Crippen LogP contribution < -0.4 is 5.56 Å². The molecule has 2 aromatic carbocycles. The van der Waals surface area contributed by atoms with Crippen LogP contribution in [-0.2, 0) is 6.42 Å². The SMILES string of the molecule is CC(C)N(C(C)C)C(C)Cc1ccccc1-c1cc(O)c2nc[nH]c(=O)c2c1. The van der Waals surface area contributed by atoms with Gasteiger partial charge in [-0.25, -0.2) is 4.98 Å². The number of hydrogen-bond donors (Lipinski definition) is 2. The Balaban J connectivity index is 2.05. The summed E-state index contributed by atoms with van der Waals surface area (Å²) in [5.41, 5.74) is 3.12. The first-order valence-corrected chi connectivity index (χ1v) is 9.85. The highest BCUT2D eigenvalue weighted by atomic mass is 16.3. The number of fused-ring (bicyclic) bond motifs is 1. The van der Waals surface area contributed by atoms with E-state index < -0.39 is 0 Å². The molecule has 1 heterocycles. The van der Waals surface area contributed by atoms with Crippen LogP contribution >= 0.6 is 0 Å². The Morgan fingerprint density at radius 1 is 1.07 bits per heavy atom. The highest BCUT2D eigenvalue weighted by molar-refractivity contribution is 5.89. The fourth-order valence-electron chi connectivity index (χ4n) is 4.33. The van der Waals surface area contributed by atoms with E-state index in [-0.39, 0.29) is 11.3 Å². The number of H-pyrrole nitrogens is 1. The van der Waals surface area contributed by atoms with E-state index in [0.717, 1.165) is 17.5 Å². The standard InChI is InChI=1S/C23H29N3O2/c1-14(2)26(15(3)4)16(5)10-17-8-6-7-9-19(17)18-11-20-22(21(27)12-18)24-13-25-23(20)28/h6-9,11-16,27H,10H2,1-5H3,(H,24,25,28). The van der Waals surface area contributed by atoms with E-state index in [4.69, 9.17) is 0 Å². The molecule has 28 heavy (non-hydrogen) atoms. The molecule has 0 aliphatic rings. The summed E-state index contributed by atoms with van der Waals surface area (Å²) in [6.45, 7) is 11.2. The predicted molar refractivity (Wildman–Crippen MR) is 115 cm³/mol. The molecule has 0 saturated heterocycles. The van der Waals surface area contributed by atoms with Gasteiger partial charge in [-0.2, -0.15) is 0 Å². The molecule has 5 nitrogen and oxygen atoms in total. The third-order valence-electron chi connectivity index (χ3n) is 5.27. The van der Waals surface area contributed by atoms with E-state index in [1.807, 2.05) is 24.3 Å². The summed E-state index contributed by atoms with van der Waals surface area (Å²) in [6, 6.07) is 13.0. The van der Waals surface area contributed by atoms with Gasteiger partial charge >= 0.3 is 0 Å². The van der Waals surface area contributed by atoms with E-state index in [0.29, 0.717) is 29.0 Å². The van der Waals surface area contributed by atoms with E-state index in [2.05, 4.69) is 55.6 Å². The fourth-order valence-corrected chi connectivity index (χ4v) is 4.33. The van der Waals surface area contributed by atoms with Gasteiger partial charge in [-0.15, -0.1) is 0 Å². The number of phenols is 1. The first kappa shape index (κ1) is 20.1. The van der Waals surface area contributed by atoms with Crippen LogP contribution in [0.5, 0.6) is 5.75 Å². The molecule has 0 amide bonds. The highest BCUT2D eigenvalue weighted by Gasteiger charge is 2.21. The second kappa shape index (κ2) is 8.15. The number of aromatic amines is 1. The lowest BCUT2D eigenvalue weighted by Gasteiger charge is -2.36. The molecule has 0 spiro atoms. The topological polar surface area (TPSA) is 69.2 Å². The zero-order valence-corrected chi connectivity index (χ0v) is 17.2. The maximum atomic E-state index is 12.2. The summed E-state index contributed by atoms with van der Waals surface area (Å²) in [4.78, 5) is 21.4. The fraction of sp³-hybridized carbons (Fsp3) is 0.391. The molecule has 0 aliphatic carbocycles. The lowest BCUT2D eigenvalue weighted by Crippen LogP contribution is -2.44. The van der Waals surface area contributed by atoms with Crippen LogP contribution in [0.4, 0.5) is 0 Å². The molecule has 3 aromatic rings. The lowest BCUT2D eigenvalue weighted by molar-refractivity contribution is 0.122. The average Bonchev–Trinajstić information content (AvgIpc) is 2.62. The maximum Gasteiger partial charge on any atom is 0.258 e. The van der Waals surface area contributed by atoms with Gasteiger partial charge in [0.15, 0.2) is 0 Å². The summed E-state index contributed by atoms with van der Waals surface area (Å²) in [6.07, 6.45) is 2.20. The minimum Gasteiger partial charge on any atom is -0.506 e. The quantitative estimate of drug-likeness (QED) is 0.668. The maximum absolute atomic E-state index is 12.2. The Kier molecular flexibility index (Phi) is 5.84. The molecule has 0 radical (unpaired) electrons. The number of phenolic OH excluding ortho intramolecular Hbond substituents is 1. The van der Waals surface area contributed by atoms with Gasteiger partial charge in [-0.05, 0) is 69.9 Å². The zero-order valence-electron chi connectivity index (χ0n) is 17.2. The molecule has 0 aliphatic heterocycles. The van der Waals surface area contributed by atoms with Crippen LogP contribution in [0, 0.1) is 0 Å². The molecule has 0 fully saturated rings. The van der Waals surface area contributed by atoms with Crippen molar-refractivity contribution in [2.24, 2.45) is 0 Å². The van der Waals surface area contributed by atoms with Crippen molar-refractivity contribution in [1.29, 1.82) is 0 Å². The minimum atomic E-state index is -0.251. The van der Waals surface area contributed by atoms with Crippen molar-refractivity contribution in [3.63, 3.8) is 0 Å². The van der Waals surface area contributed by atoms with Crippen LogP contribution in [0.25, 0.3) is 22.0 Å². The first-order chi connectivity index (χ1) is 13.3. The third kappa shape index (κ3) is 3.94. The molecule has 5 heteroatoms. The van der Waals surface area contributed by atoms with Crippen LogP contribution in [0.3, 0.4) is 0 Å². The minimum absolute atomic E-state index is 0.0208. The van der Waals surface area contributed by atoms with Crippen molar-refractivity contribution in [3.05, 3.63) is 58.6 Å². The molecule has 0 saturated carbocycles. The van der Waals surface area contributed by atoms with E-state index in [1.165, 1.54) is 11.9 Å². The van der Waals surface area contributed by atoms with Gasteiger partial charge in [0.1, 0.15) is 11.3 Å². The van der Waals surface area contributed by atoms with Crippen molar-refractivity contribution < 1.29 is 5.11 Å². The summed E-state index contributed by atoms with van der Waals surface area (Å²) < 4.78 is 0. The summed E-state index contributed by atoms with van der Waals surface area (Å²) >= 11 is 0. The molecule has 1 unspecified atom stereocenters. The van der Waals surface area contributed by atoms with E-state index in [9.17, 15) is 9.90 Å². The first-order valence-electron chi connectivity index (χ1n) is 9.85. The third-order valence-corrected chi connectivity index (χ3v) is 5.27. The number of aromatic nitrogens is 2. The second-order valence-electron chi connectivity index (χ2n) is 7.97. The number of aromatic hydroxyl groups is 1. The number of benzene rings is 2. The molecule has 148 valence electrons. The summed E-state index contributed by atoms with van der Waals surface area (Å²) in [5.74, 6) is 0.0208. The number of nitrogens with zero attached hydrogens (tertiary/aromatic N) is 2. The van der Waals surface area contributed by atoms with E-state index in [1.54, 1.807) is 6.07 Å². The van der Waals surface area contributed by atoms with Crippen molar-refractivity contribution in [1.82, 2.24) is 14.9 Å². The van der Waals surface area contributed by atoms with Gasteiger partial charge < -0.3 is 10.1 Å². The van der Waals surface area contributed by atoms with Crippen LogP contribution in [0.1, 0.15) is 40.2 Å². The Morgan fingerprint density at radius 2 is 1.75 bits per heavy atom. The van der Waals surface area contributed by atoms with Crippen LogP contribution in [0.2, 0.25) is 0 Å². The van der Waals surface area contributed by atoms with Gasteiger partial charge in [-0.3, -0.25) is 9.69 Å². The molecule has 1 atom stereocenters. The molecule has 3 rings (SSSR count). The highest BCUT2D eigenvalue weighted by Crippen LogP contribution is 2.32. The number of nitrogens with one attached hydrogen (secondary N) is 1. The largest absolute Gasteiger partial charge is 0.506 e. The summed E-state index contributed by atoms with van der Waals surface area (Å²) in [5, 5.41) is 10.8. The van der Waals surface area contributed by atoms with Crippen molar-refractivity contribution in [2.45, 2.75) is 59.2 Å². The second-order valence-corrected chi connectivity index (χ2v) is 7.97. The van der Waals surface area contributed by atoms with Gasteiger partial charge in [0, 0.05) is 18.1 Å². The van der Waals surface area contributed by atoms with Crippen LogP contribution in [-0.4, -0.2) is 38.1 Å². The Hall–Kier alpha value is -2.66. The van der Waals surface area contributed by atoms with E-state index >= 15 is 0 Å². The normalized spacial score (nSPS) is 13.0. The molecule has 2 N–H and O–H groups in total. The predicted octanol–water partition coefficient (Wildman–Crippen LogP) is 4.35. The molecule has 1 aromatic heterocycles. The average molecular weight is 380 g/mol.